The maximum Gasteiger partial charge on any atom is 0.234 e. The lowest BCUT2D eigenvalue weighted by atomic mass is 10.2. The van der Waals surface area contributed by atoms with Gasteiger partial charge in [-0.1, -0.05) is 11.3 Å². The van der Waals surface area contributed by atoms with E-state index < -0.39 is 11.6 Å². The van der Waals surface area contributed by atoms with Gasteiger partial charge in [0.1, 0.15) is 4.88 Å². The highest BCUT2D eigenvalue weighted by Crippen LogP contribution is 2.27. The fraction of sp³-hybridized carbons (Fsp3) is 0.417. The molecule has 0 saturated heterocycles. The summed E-state index contributed by atoms with van der Waals surface area (Å²) in [5.41, 5.74) is 0.489. The Morgan fingerprint density at radius 2 is 1.95 bits per heavy atom. The summed E-state index contributed by atoms with van der Waals surface area (Å²) in [6.07, 6.45) is 2.73. The van der Waals surface area contributed by atoms with Gasteiger partial charge < -0.3 is 9.80 Å². The lowest BCUT2D eigenvalue weighted by Gasteiger charge is -2.04. The van der Waals surface area contributed by atoms with E-state index in [1.807, 2.05) is 14.1 Å². The molecule has 1 rings (SSSR count). The van der Waals surface area contributed by atoms with Gasteiger partial charge in [-0.3, -0.25) is 4.79 Å². The van der Waals surface area contributed by atoms with Gasteiger partial charge in [-0.05, 0) is 6.92 Å². The number of Topliss-reactive ketones (excluding diaryl/α,β-unsaturated/α-hetero) is 1. The summed E-state index contributed by atoms with van der Waals surface area (Å²) in [5, 5.41) is 0.437. The number of aryl methyl sites for hydroxylation is 1. The van der Waals surface area contributed by atoms with E-state index >= 15 is 0 Å². The molecule has 1 aromatic rings. The minimum atomic E-state index is -0.806. The molecular formula is C12H17FN4OS. The van der Waals surface area contributed by atoms with Crippen molar-refractivity contribution in [3.63, 3.8) is 0 Å². The van der Waals surface area contributed by atoms with Crippen LogP contribution in [0.3, 0.4) is 0 Å². The van der Waals surface area contributed by atoms with Crippen molar-refractivity contribution in [2.24, 2.45) is 4.99 Å². The van der Waals surface area contributed by atoms with E-state index in [0.717, 1.165) is 17.5 Å². The second kappa shape index (κ2) is 6.42. The Balaban J connectivity index is 2.99. The fourth-order valence-corrected chi connectivity index (χ4v) is 2.06. The molecular weight excluding hydrogens is 267 g/mol. The van der Waals surface area contributed by atoms with E-state index in [4.69, 9.17) is 0 Å². The van der Waals surface area contributed by atoms with Crippen LogP contribution in [0.5, 0.6) is 0 Å². The van der Waals surface area contributed by atoms with Crippen LogP contribution in [0, 0.1) is 6.92 Å². The Morgan fingerprint density at radius 1 is 1.32 bits per heavy atom. The number of allylic oxidation sites excluding steroid dienone is 1. The maximum absolute atomic E-state index is 13.6. The zero-order valence-corrected chi connectivity index (χ0v) is 12.5. The van der Waals surface area contributed by atoms with E-state index in [-0.39, 0.29) is 4.88 Å². The number of aromatic nitrogens is 1. The van der Waals surface area contributed by atoms with Crippen molar-refractivity contribution in [2.75, 3.05) is 28.2 Å². The molecule has 0 saturated carbocycles. The van der Waals surface area contributed by atoms with E-state index in [1.54, 1.807) is 32.3 Å². The molecule has 7 heteroatoms. The average molecular weight is 284 g/mol. The first kappa shape index (κ1) is 15.3. The number of hydrogen-bond donors (Lipinski definition) is 0. The highest BCUT2D eigenvalue weighted by atomic mass is 32.1. The SMILES string of the molecule is Cc1nc(N=CN(C)C)sc1C(=O)/C(F)=C/N(C)C. The van der Waals surface area contributed by atoms with Crippen LogP contribution in [-0.4, -0.2) is 55.1 Å². The number of rotatable bonds is 5. The van der Waals surface area contributed by atoms with E-state index in [2.05, 4.69) is 9.98 Å². The topological polar surface area (TPSA) is 48.8 Å². The Hall–Kier alpha value is -1.76. The molecule has 1 heterocycles. The molecule has 0 fully saturated rings. The van der Waals surface area contributed by atoms with Crippen molar-refractivity contribution in [2.45, 2.75) is 6.92 Å². The summed E-state index contributed by atoms with van der Waals surface area (Å²) >= 11 is 1.08. The molecule has 0 spiro atoms. The second-order valence-electron chi connectivity index (χ2n) is 4.39. The largest absolute Gasteiger partial charge is 0.381 e. The Labute approximate surface area is 116 Å². The van der Waals surface area contributed by atoms with Crippen LogP contribution in [0.4, 0.5) is 9.52 Å². The van der Waals surface area contributed by atoms with Crippen LogP contribution in [0.1, 0.15) is 15.4 Å². The molecule has 0 aliphatic rings. The van der Waals surface area contributed by atoms with Crippen molar-refractivity contribution in [3.05, 3.63) is 22.6 Å². The van der Waals surface area contributed by atoms with E-state index in [1.165, 1.54) is 4.90 Å². The van der Waals surface area contributed by atoms with Crippen molar-refractivity contribution < 1.29 is 9.18 Å². The van der Waals surface area contributed by atoms with Crippen molar-refractivity contribution in [1.82, 2.24) is 14.8 Å². The molecule has 19 heavy (non-hydrogen) atoms. The van der Waals surface area contributed by atoms with Crippen LogP contribution in [-0.2, 0) is 0 Å². The summed E-state index contributed by atoms with van der Waals surface area (Å²) in [7, 11) is 6.96. The summed E-state index contributed by atoms with van der Waals surface area (Å²) in [6.45, 7) is 1.67. The van der Waals surface area contributed by atoms with Gasteiger partial charge in [0.2, 0.25) is 10.9 Å². The summed E-state index contributed by atoms with van der Waals surface area (Å²) in [4.78, 5) is 23.6. The number of carbonyl (C=O) groups excluding carboxylic acids is 1. The van der Waals surface area contributed by atoms with Crippen molar-refractivity contribution in [3.8, 4) is 0 Å². The molecule has 0 bridgehead atoms. The van der Waals surface area contributed by atoms with Gasteiger partial charge in [0, 0.05) is 34.4 Å². The van der Waals surface area contributed by atoms with Gasteiger partial charge in [0.15, 0.2) is 5.83 Å². The highest BCUT2D eigenvalue weighted by molar-refractivity contribution is 7.17. The number of hydrogen-bond acceptors (Lipinski definition) is 5. The van der Waals surface area contributed by atoms with Crippen molar-refractivity contribution in [1.29, 1.82) is 0 Å². The van der Waals surface area contributed by atoms with Crippen LogP contribution in [0.25, 0.3) is 0 Å². The van der Waals surface area contributed by atoms with Gasteiger partial charge >= 0.3 is 0 Å². The van der Waals surface area contributed by atoms with Gasteiger partial charge in [-0.25, -0.2) is 14.4 Å². The molecule has 0 unspecified atom stereocenters. The number of aliphatic imine (C=N–C) groups is 1. The van der Waals surface area contributed by atoms with Crippen LogP contribution in [0.15, 0.2) is 17.0 Å². The minimum absolute atomic E-state index is 0.279. The standard InChI is InChI=1S/C12H17FN4OS/c1-8-11(10(18)9(13)6-16(2)3)19-12(15-8)14-7-17(4)5/h6-7H,1-5H3/b9-6-,14-7?. The van der Waals surface area contributed by atoms with Crippen LogP contribution < -0.4 is 0 Å². The average Bonchev–Trinajstić information content (AvgIpc) is 2.66. The predicted octanol–water partition coefficient (Wildman–Crippen LogP) is 2.23. The molecule has 5 nitrogen and oxygen atoms in total. The fourth-order valence-electron chi connectivity index (χ4n) is 1.21. The normalized spacial score (nSPS) is 12.0. The molecule has 0 aromatic carbocycles. The minimum Gasteiger partial charge on any atom is -0.381 e. The van der Waals surface area contributed by atoms with Gasteiger partial charge in [0.05, 0.1) is 12.0 Å². The van der Waals surface area contributed by atoms with E-state index in [0.29, 0.717) is 10.8 Å². The summed E-state index contributed by atoms with van der Waals surface area (Å²) < 4.78 is 13.6. The zero-order chi connectivity index (χ0) is 14.6. The number of ketones is 1. The third-order valence-corrected chi connectivity index (χ3v) is 3.04. The van der Waals surface area contributed by atoms with Crippen molar-refractivity contribution >= 4 is 28.6 Å². The molecule has 0 aliphatic heterocycles. The van der Waals surface area contributed by atoms with Gasteiger partial charge in [-0.2, -0.15) is 0 Å². The van der Waals surface area contributed by atoms with Gasteiger partial charge in [-0.15, -0.1) is 0 Å². The van der Waals surface area contributed by atoms with Crippen LogP contribution in [0.2, 0.25) is 0 Å². The highest BCUT2D eigenvalue weighted by Gasteiger charge is 2.19. The Bertz CT molecular complexity index is 520. The molecule has 104 valence electrons. The lowest BCUT2D eigenvalue weighted by molar-refractivity contribution is 0.100. The lowest BCUT2D eigenvalue weighted by Crippen LogP contribution is -2.07. The number of thiazole rings is 1. The molecule has 0 amide bonds. The first-order chi connectivity index (χ1) is 8.81. The second-order valence-corrected chi connectivity index (χ2v) is 5.37. The smallest absolute Gasteiger partial charge is 0.234 e. The zero-order valence-electron chi connectivity index (χ0n) is 11.6. The summed E-state index contributed by atoms with van der Waals surface area (Å²) in [5.74, 6) is -1.46. The first-order valence-corrected chi connectivity index (χ1v) is 6.39. The molecule has 0 radical (unpaired) electrons. The van der Waals surface area contributed by atoms with Crippen LogP contribution >= 0.6 is 11.3 Å². The Kier molecular flexibility index (Phi) is 5.17. The quantitative estimate of drug-likeness (QED) is 0.360. The molecule has 0 atom stereocenters. The van der Waals surface area contributed by atoms with Gasteiger partial charge in [0.25, 0.3) is 0 Å². The first-order valence-electron chi connectivity index (χ1n) is 5.57. The molecule has 1 aromatic heterocycles. The maximum atomic E-state index is 13.6. The number of carbonyl (C=O) groups is 1. The molecule has 0 N–H and O–H groups in total. The monoisotopic (exact) mass is 284 g/mol. The third-order valence-electron chi connectivity index (χ3n) is 1.98. The third kappa shape index (κ3) is 4.44. The predicted molar refractivity (Wildman–Crippen MR) is 75.9 cm³/mol. The molecule has 0 aliphatic carbocycles. The summed E-state index contributed by atoms with van der Waals surface area (Å²) in [6, 6.07) is 0. The Morgan fingerprint density at radius 3 is 2.47 bits per heavy atom. The number of nitrogens with zero attached hydrogens (tertiary/aromatic N) is 4. The number of halogens is 1. The van der Waals surface area contributed by atoms with E-state index in [9.17, 15) is 9.18 Å².